The minimum absolute atomic E-state index is 0.0262. The molecule has 0 heterocycles. The van der Waals surface area contributed by atoms with Gasteiger partial charge in [-0.25, -0.2) is 9.59 Å². The van der Waals surface area contributed by atoms with E-state index in [1.165, 1.54) is 12.1 Å². The Morgan fingerprint density at radius 1 is 0.780 bits per heavy atom. The zero-order valence-electron chi connectivity index (χ0n) is 25.4. The average molecular weight is 582 g/mol. The molecule has 0 spiro atoms. The van der Waals surface area contributed by atoms with Crippen molar-refractivity contribution in [3.05, 3.63) is 23.8 Å². The number of carbonyl (C=O) groups excluding carboxylic acids is 4. The van der Waals surface area contributed by atoms with Crippen molar-refractivity contribution in [2.45, 2.75) is 92.7 Å². The molecule has 0 aromatic heterocycles. The fourth-order valence-electron chi connectivity index (χ4n) is 3.11. The molecule has 11 nitrogen and oxygen atoms in total. The third kappa shape index (κ3) is 15.3. The van der Waals surface area contributed by atoms with Crippen LogP contribution in [0.2, 0.25) is 0 Å². The summed E-state index contributed by atoms with van der Waals surface area (Å²) in [5.74, 6) is -0.550. The Morgan fingerprint density at radius 2 is 1.34 bits per heavy atom. The fraction of sp³-hybridized carbons (Fsp3) is 0.667. The molecule has 1 aromatic rings. The maximum Gasteiger partial charge on any atom is 0.513 e. The summed E-state index contributed by atoms with van der Waals surface area (Å²) in [7, 11) is 0. The lowest BCUT2D eigenvalue weighted by Gasteiger charge is -2.17. The predicted molar refractivity (Wildman–Crippen MR) is 152 cm³/mol. The molecule has 41 heavy (non-hydrogen) atoms. The highest BCUT2D eigenvalue weighted by Gasteiger charge is 2.22. The second-order valence-corrected chi connectivity index (χ2v) is 10.8. The maximum atomic E-state index is 12.5. The van der Waals surface area contributed by atoms with Gasteiger partial charge >= 0.3 is 24.2 Å². The number of hydrogen-bond acceptors (Lipinski definition) is 11. The highest BCUT2D eigenvalue weighted by Crippen LogP contribution is 2.30. The Kier molecular flexibility index (Phi) is 16.5. The molecule has 0 aliphatic carbocycles. The van der Waals surface area contributed by atoms with Crippen LogP contribution < -0.4 is 15.2 Å². The van der Waals surface area contributed by atoms with Crippen LogP contribution in [0.3, 0.4) is 0 Å². The van der Waals surface area contributed by atoms with Crippen LogP contribution in [0.25, 0.3) is 0 Å². The van der Waals surface area contributed by atoms with E-state index in [0.29, 0.717) is 24.3 Å². The summed E-state index contributed by atoms with van der Waals surface area (Å²) >= 11 is 0. The normalized spacial score (nSPS) is 13.9. The van der Waals surface area contributed by atoms with Crippen LogP contribution in [0.1, 0.15) is 79.7 Å². The first kappa shape index (κ1) is 35.7. The topological polar surface area (TPSA) is 150 Å². The van der Waals surface area contributed by atoms with Gasteiger partial charge in [0.2, 0.25) is 0 Å². The quantitative estimate of drug-likeness (QED) is 0.139. The molecule has 0 fully saturated rings. The molecule has 0 radical (unpaired) electrons. The third-order valence-corrected chi connectivity index (χ3v) is 6.24. The largest absolute Gasteiger partial charge is 0.513 e. The molecule has 0 saturated carbocycles. The van der Waals surface area contributed by atoms with Crippen molar-refractivity contribution in [1.82, 2.24) is 0 Å². The Balaban J connectivity index is 2.85. The van der Waals surface area contributed by atoms with Crippen molar-refractivity contribution in [3.63, 3.8) is 0 Å². The summed E-state index contributed by atoms with van der Waals surface area (Å²) < 4.78 is 31.3. The summed E-state index contributed by atoms with van der Waals surface area (Å²) in [6.45, 7) is 13.6. The molecular weight excluding hydrogens is 534 g/mol. The third-order valence-electron chi connectivity index (χ3n) is 6.24. The number of esters is 2. The van der Waals surface area contributed by atoms with Crippen LogP contribution in [-0.2, 0) is 35.0 Å². The Morgan fingerprint density at radius 3 is 1.88 bits per heavy atom. The van der Waals surface area contributed by atoms with Gasteiger partial charge in [0, 0.05) is 6.42 Å². The number of benzene rings is 1. The average Bonchev–Trinajstić information content (AvgIpc) is 2.93. The standard InChI is InChI=1S/C30H47NO10/c1-8-20(5)16-37-29(34)40-25-12-11-23(15-26(25)41-30(35)38-17-21(6)9-2)14-24(31)28(33)36-18-22(7)39-27(32)13-10-19(3)4/h11-12,15,19-22,24H,8-10,13-14,16-18,31H2,1-7H3/t20?,21?,22-,24-/m0/s1. The molecule has 2 unspecified atom stereocenters. The highest BCUT2D eigenvalue weighted by atomic mass is 16.7. The fourth-order valence-corrected chi connectivity index (χ4v) is 3.11. The number of ether oxygens (including phenoxy) is 6. The summed E-state index contributed by atoms with van der Waals surface area (Å²) in [4.78, 5) is 48.9. The minimum atomic E-state index is -1.06. The van der Waals surface area contributed by atoms with Crippen LogP contribution in [-0.4, -0.2) is 56.2 Å². The van der Waals surface area contributed by atoms with E-state index in [-0.39, 0.29) is 55.5 Å². The lowest BCUT2D eigenvalue weighted by atomic mass is 10.1. The van der Waals surface area contributed by atoms with Crippen molar-refractivity contribution in [2.75, 3.05) is 19.8 Å². The zero-order chi connectivity index (χ0) is 30.9. The zero-order valence-corrected chi connectivity index (χ0v) is 25.4. The lowest BCUT2D eigenvalue weighted by molar-refractivity contribution is -0.158. The Bertz CT molecular complexity index is 980. The monoisotopic (exact) mass is 581 g/mol. The van der Waals surface area contributed by atoms with Crippen molar-refractivity contribution >= 4 is 24.2 Å². The summed E-state index contributed by atoms with van der Waals surface area (Å²) in [5.41, 5.74) is 6.55. The van der Waals surface area contributed by atoms with Gasteiger partial charge in [-0.1, -0.05) is 60.5 Å². The first-order chi connectivity index (χ1) is 19.3. The highest BCUT2D eigenvalue weighted by molar-refractivity contribution is 5.76. The van der Waals surface area contributed by atoms with Crippen LogP contribution in [0.4, 0.5) is 9.59 Å². The van der Waals surface area contributed by atoms with Crippen LogP contribution in [0.15, 0.2) is 18.2 Å². The second kappa shape index (κ2) is 18.9. The molecule has 11 heteroatoms. The van der Waals surface area contributed by atoms with Gasteiger partial charge < -0.3 is 34.2 Å². The minimum Gasteiger partial charge on any atom is -0.461 e. The molecule has 0 aliphatic rings. The number of hydrogen-bond donors (Lipinski definition) is 1. The smallest absolute Gasteiger partial charge is 0.461 e. The first-order valence-electron chi connectivity index (χ1n) is 14.3. The van der Waals surface area contributed by atoms with E-state index in [9.17, 15) is 19.2 Å². The van der Waals surface area contributed by atoms with E-state index in [1.54, 1.807) is 13.0 Å². The number of rotatable bonds is 17. The van der Waals surface area contributed by atoms with E-state index in [0.717, 1.165) is 12.8 Å². The van der Waals surface area contributed by atoms with Gasteiger partial charge in [0.1, 0.15) is 18.8 Å². The van der Waals surface area contributed by atoms with Crippen LogP contribution >= 0.6 is 0 Å². The van der Waals surface area contributed by atoms with Gasteiger partial charge in [-0.05, 0) is 55.2 Å². The lowest BCUT2D eigenvalue weighted by Crippen LogP contribution is -2.36. The van der Waals surface area contributed by atoms with E-state index in [1.807, 2.05) is 41.5 Å². The SMILES string of the molecule is CCC(C)COC(=O)Oc1ccc(C[C@H](N)C(=O)OC[C@H](C)OC(=O)CCC(C)C)cc1OC(=O)OCC(C)CC. The molecule has 0 aliphatic heterocycles. The van der Waals surface area contributed by atoms with E-state index in [4.69, 9.17) is 34.2 Å². The molecular formula is C30H47NO10. The molecule has 1 aromatic carbocycles. The molecule has 2 N–H and O–H groups in total. The van der Waals surface area contributed by atoms with Crippen LogP contribution in [0.5, 0.6) is 11.5 Å². The molecule has 232 valence electrons. The van der Waals surface area contributed by atoms with E-state index >= 15 is 0 Å². The van der Waals surface area contributed by atoms with E-state index in [2.05, 4.69) is 0 Å². The molecule has 0 amide bonds. The molecule has 1 rings (SSSR count). The maximum absolute atomic E-state index is 12.5. The van der Waals surface area contributed by atoms with Gasteiger partial charge in [0.05, 0.1) is 13.2 Å². The Labute approximate surface area is 243 Å². The van der Waals surface area contributed by atoms with Gasteiger partial charge in [-0.3, -0.25) is 9.59 Å². The summed E-state index contributed by atoms with van der Waals surface area (Å²) in [6, 6.07) is 3.35. The van der Waals surface area contributed by atoms with Gasteiger partial charge in [-0.2, -0.15) is 0 Å². The number of carbonyl (C=O) groups is 4. The second-order valence-electron chi connectivity index (χ2n) is 10.8. The Hall–Kier alpha value is -3.34. The van der Waals surface area contributed by atoms with Crippen molar-refractivity contribution in [3.8, 4) is 11.5 Å². The van der Waals surface area contributed by atoms with Crippen molar-refractivity contribution in [1.29, 1.82) is 0 Å². The summed E-state index contributed by atoms with van der Waals surface area (Å²) in [5, 5.41) is 0. The number of nitrogens with two attached hydrogens (primary N) is 1. The van der Waals surface area contributed by atoms with Gasteiger partial charge in [-0.15, -0.1) is 0 Å². The first-order valence-corrected chi connectivity index (χ1v) is 14.3. The van der Waals surface area contributed by atoms with Crippen LogP contribution in [0, 0.1) is 17.8 Å². The van der Waals surface area contributed by atoms with Crippen molar-refractivity contribution in [2.24, 2.45) is 23.5 Å². The summed E-state index contributed by atoms with van der Waals surface area (Å²) in [6.07, 6.45) is 0.120. The van der Waals surface area contributed by atoms with Gasteiger partial charge in [0.15, 0.2) is 11.5 Å². The molecule has 0 saturated heterocycles. The van der Waals surface area contributed by atoms with Crippen molar-refractivity contribution < 1.29 is 47.6 Å². The molecule has 4 atom stereocenters. The van der Waals surface area contributed by atoms with Gasteiger partial charge in [0.25, 0.3) is 0 Å². The predicted octanol–water partition coefficient (Wildman–Crippen LogP) is 5.59. The molecule has 0 bridgehead atoms. The van der Waals surface area contributed by atoms with E-state index < -0.39 is 30.4 Å².